The van der Waals surface area contributed by atoms with Crippen LogP contribution in [0.15, 0.2) is 42.7 Å². The third kappa shape index (κ3) is 4.22. The van der Waals surface area contributed by atoms with Gasteiger partial charge in [-0.05, 0) is 17.2 Å². The first-order chi connectivity index (χ1) is 9.28. The van der Waals surface area contributed by atoms with Gasteiger partial charge in [0.15, 0.2) is 0 Å². The zero-order valence-corrected chi connectivity index (χ0v) is 10.7. The van der Waals surface area contributed by atoms with Crippen molar-refractivity contribution in [2.45, 2.75) is 19.5 Å². The van der Waals surface area contributed by atoms with Gasteiger partial charge in [-0.3, -0.25) is 9.48 Å². The van der Waals surface area contributed by atoms with Crippen LogP contribution in [0.1, 0.15) is 17.5 Å². The number of carbonyl (C=O) groups is 1. The number of hydrogen-bond donors (Lipinski definition) is 2. The number of nitrogens with zero attached hydrogens (tertiary/aromatic N) is 2. The standard InChI is InChI=1S/C14H18N4O/c15-7-6-14(19)16-10-12-2-4-13(5-3-12)11-18-9-1-8-17-18/h1-5,8-9H,6-7,10-11,15H2,(H,16,19). The van der Waals surface area contributed by atoms with Gasteiger partial charge in [0.05, 0.1) is 6.54 Å². The largest absolute Gasteiger partial charge is 0.352 e. The summed E-state index contributed by atoms with van der Waals surface area (Å²) < 4.78 is 1.87. The Labute approximate surface area is 112 Å². The van der Waals surface area contributed by atoms with Gasteiger partial charge in [0.25, 0.3) is 0 Å². The fourth-order valence-corrected chi connectivity index (χ4v) is 1.76. The Hall–Kier alpha value is -2.14. The van der Waals surface area contributed by atoms with Gasteiger partial charge in [-0.1, -0.05) is 24.3 Å². The number of carbonyl (C=O) groups excluding carboxylic acids is 1. The molecular weight excluding hydrogens is 240 g/mol. The van der Waals surface area contributed by atoms with Gasteiger partial charge in [0, 0.05) is 31.9 Å². The van der Waals surface area contributed by atoms with Crippen LogP contribution in [-0.4, -0.2) is 22.2 Å². The van der Waals surface area contributed by atoms with Crippen molar-refractivity contribution in [1.29, 1.82) is 0 Å². The summed E-state index contributed by atoms with van der Waals surface area (Å²) in [6.45, 7) is 1.68. The molecule has 0 spiro atoms. The molecule has 0 aliphatic carbocycles. The fraction of sp³-hybridized carbons (Fsp3) is 0.286. The fourth-order valence-electron chi connectivity index (χ4n) is 1.76. The Morgan fingerprint density at radius 3 is 2.63 bits per heavy atom. The van der Waals surface area contributed by atoms with E-state index in [9.17, 15) is 4.79 Å². The molecule has 1 aromatic carbocycles. The van der Waals surface area contributed by atoms with Crippen LogP contribution in [-0.2, 0) is 17.9 Å². The lowest BCUT2D eigenvalue weighted by Crippen LogP contribution is -2.24. The lowest BCUT2D eigenvalue weighted by Gasteiger charge is -2.06. The molecule has 3 N–H and O–H groups in total. The van der Waals surface area contributed by atoms with Crippen molar-refractivity contribution >= 4 is 5.91 Å². The Kier molecular flexibility index (Phi) is 4.69. The van der Waals surface area contributed by atoms with Gasteiger partial charge in [-0.15, -0.1) is 0 Å². The number of nitrogens with one attached hydrogen (secondary N) is 1. The molecule has 0 unspecified atom stereocenters. The summed E-state index contributed by atoms with van der Waals surface area (Å²) in [6, 6.07) is 10.0. The maximum absolute atomic E-state index is 11.3. The lowest BCUT2D eigenvalue weighted by atomic mass is 10.1. The molecule has 1 heterocycles. The molecule has 1 aromatic heterocycles. The van der Waals surface area contributed by atoms with Crippen LogP contribution in [0.2, 0.25) is 0 Å². The first-order valence-electron chi connectivity index (χ1n) is 6.30. The first-order valence-corrected chi connectivity index (χ1v) is 6.30. The quantitative estimate of drug-likeness (QED) is 0.808. The van der Waals surface area contributed by atoms with Crippen LogP contribution in [0.4, 0.5) is 0 Å². The van der Waals surface area contributed by atoms with Gasteiger partial charge in [0.1, 0.15) is 0 Å². The normalized spacial score (nSPS) is 10.4. The molecule has 19 heavy (non-hydrogen) atoms. The van der Waals surface area contributed by atoms with Crippen molar-refractivity contribution in [3.63, 3.8) is 0 Å². The van der Waals surface area contributed by atoms with Gasteiger partial charge in [-0.25, -0.2) is 0 Å². The number of nitrogens with two attached hydrogens (primary N) is 1. The molecule has 5 nitrogen and oxygen atoms in total. The van der Waals surface area contributed by atoms with Crippen LogP contribution in [0.3, 0.4) is 0 Å². The first kappa shape index (κ1) is 13.3. The van der Waals surface area contributed by atoms with Crippen LogP contribution in [0.25, 0.3) is 0 Å². The Morgan fingerprint density at radius 2 is 2.00 bits per heavy atom. The van der Waals surface area contributed by atoms with Gasteiger partial charge < -0.3 is 11.1 Å². The third-order valence-electron chi connectivity index (χ3n) is 2.79. The number of amides is 1. The van der Waals surface area contributed by atoms with E-state index < -0.39 is 0 Å². The monoisotopic (exact) mass is 258 g/mol. The second-order valence-corrected chi connectivity index (χ2v) is 4.34. The van der Waals surface area contributed by atoms with E-state index in [1.165, 1.54) is 5.56 Å². The van der Waals surface area contributed by atoms with E-state index in [1.807, 2.05) is 41.2 Å². The molecule has 0 aliphatic rings. The molecule has 5 heteroatoms. The van der Waals surface area contributed by atoms with Crippen molar-refractivity contribution in [1.82, 2.24) is 15.1 Å². The molecule has 0 saturated carbocycles. The van der Waals surface area contributed by atoms with Crippen molar-refractivity contribution in [2.75, 3.05) is 6.54 Å². The number of rotatable bonds is 6. The highest BCUT2D eigenvalue weighted by atomic mass is 16.1. The van der Waals surface area contributed by atoms with E-state index in [2.05, 4.69) is 10.4 Å². The van der Waals surface area contributed by atoms with Gasteiger partial charge in [0.2, 0.25) is 5.91 Å². The summed E-state index contributed by atoms with van der Waals surface area (Å²) in [5, 5.41) is 6.99. The van der Waals surface area contributed by atoms with Crippen LogP contribution >= 0.6 is 0 Å². The predicted molar refractivity (Wildman–Crippen MR) is 73.3 cm³/mol. The molecule has 1 amide bonds. The molecule has 2 aromatic rings. The maximum atomic E-state index is 11.3. The Balaban J connectivity index is 1.86. The maximum Gasteiger partial charge on any atom is 0.221 e. The van der Waals surface area contributed by atoms with E-state index in [-0.39, 0.29) is 5.91 Å². The highest BCUT2D eigenvalue weighted by Crippen LogP contribution is 2.06. The van der Waals surface area contributed by atoms with E-state index in [1.54, 1.807) is 6.20 Å². The minimum Gasteiger partial charge on any atom is -0.352 e. The lowest BCUT2D eigenvalue weighted by molar-refractivity contribution is -0.121. The predicted octanol–water partition coefficient (Wildman–Crippen LogP) is 0.896. The summed E-state index contributed by atoms with van der Waals surface area (Å²) in [5.41, 5.74) is 7.57. The Morgan fingerprint density at radius 1 is 1.26 bits per heavy atom. The number of benzene rings is 1. The molecule has 0 radical (unpaired) electrons. The molecule has 100 valence electrons. The SMILES string of the molecule is NCCC(=O)NCc1ccc(Cn2cccn2)cc1. The second-order valence-electron chi connectivity index (χ2n) is 4.34. The van der Waals surface area contributed by atoms with E-state index >= 15 is 0 Å². The van der Waals surface area contributed by atoms with E-state index in [4.69, 9.17) is 5.73 Å². The number of aromatic nitrogens is 2. The average molecular weight is 258 g/mol. The molecule has 0 saturated heterocycles. The Bertz CT molecular complexity index is 505. The average Bonchev–Trinajstić information content (AvgIpc) is 2.91. The summed E-state index contributed by atoms with van der Waals surface area (Å²) in [6.07, 6.45) is 4.07. The number of hydrogen-bond acceptors (Lipinski definition) is 3. The molecular formula is C14H18N4O. The highest BCUT2D eigenvalue weighted by molar-refractivity contribution is 5.76. The molecule has 0 aliphatic heterocycles. The molecule has 0 bridgehead atoms. The van der Waals surface area contributed by atoms with Crippen molar-refractivity contribution in [2.24, 2.45) is 5.73 Å². The van der Waals surface area contributed by atoms with Gasteiger partial charge >= 0.3 is 0 Å². The van der Waals surface area contributed by atoms with Crippen molar-refractivity contribution in [3.8, 4) is 0 Å². The zero-order chi connectivity index (χ0) is 13.5. The summed E-state index contributed by atoms with van der Waals surface area (Å²) >= 11 is 0. The van der Waals surface area contributed by atoms with Crippen molar-refractivity contribution in [3.05, 3.63) is 53.9 Å². The smallest absolute Gasteiger partial charge is 0.221 e. The van der Waals surface area contributed by atoms with Crippen LogP contribution in [0.5, 0.6) is 0 Å². The second kappa shape index (κ2) is 6.70. The minimum atomic E-state index is -0.0110. The molecule has 2 rings (SSSR count). The van der Waals surface area contributed by atoms with E-state index in [0.29, 0.717) is 19.5 Å². The van der Waals surface area contributed by atoms with Crippen LogP contribution in [0, 0.1) is 0 Å². The highest BCUT2D eigenvalue weighted by Gasteiger charge is 2.00. The van der Waals surface area contributed by atoms with E-state index in [0.717, 1.165) is 12.1 Å². The van der Waals surface area contributed by atoms with Gasteiger partial charge in [-0.2, -0.15) is 5.10 Å². The summed E-state index contributed by atoms with van der Waals surface area (Å²) in [4.78, 5) is 11.3. The van der Waals surface area contributed by atoms with Crippen molar-refractivity contribution < 1.29 is 4.79 Å². The third-order valence-corrected chi connectivity index (χ3v) is 2.79. The molecule has 0 atom stereocenters. The molecule has 0 fully saturated rings. The van der Waals surface area contributed by atoms with Crippen LogP contribution < -0.4 is 11.1 Å². The topological polar surface area (TPSA) is 72.9 Å². The summed E-state index contributed by atoms with van der Waals surface area (Å²) in [7, 11) is 0. The minimum absolute atomic E-state index is 0.0110. The summed E-state index contributed by atoms with van der Waals surface area (Å²) in [5.74, 6) is -0.0110. The zero-order valence-electron chi connectivity index (χ0n) is 10.7.